The minimum absolute atomic E-state index is 0. The van der Waals surface area contributed by atoms with Crippen LogP contribution >= 0.6 is 12.4 Å². The Kier molecular flexibility index (Phi) is 7.69. The number of carbonyl (C=O) groups excluding carboxylic acids is 1. The Morgan fingerprint density at radius 3 is 2.50 bits per heavy atom. The van der Waals surface area contributed by atoms with Crippen LogP contribution in [0.15, 0.2) is 24.3 Å². The molecule has 2 atom stereocenters. The Bertz CT molecular complexity index is 464. The van der Waals surface area contributed by atoms with Gasteiger partial charge in [0, 0.05) is 25.6 Å². The van der Waals surface area contributed by atoms with E-state index in [0.717, 1.165) is 37.1 Å². The molecule has 0 heterocycles. The third-order valence-electron chi connectivity index (χ3n) is 4.42. The number of benzene rings is 1. The normalized spacial score (nSPS) is 20.3. The van der Waals surface area contributed by atoms with Crippen molar-refractivity contribution in [3.63, 3.8) is 0 Å². The molecule has 0 aromatic heterocycles. The minimum atomic E-state index is 0. The molecular weight excluding hydrogens is 300 g/mol. The topological polar surface area (TPSA) is 55.6 Å². The average Bonchev–Trinajstić information content (AvgIpc) is 2.90. The lowest BCUT2D eigenvalue weighted by Gasteiger charge is -2.24. The van der Waals surface area contributed by atoms with E-state index < -0.39 is 0 Å². The first-order valence-corrected chi connectivity index (χ1v) is 7.80. The van der Waals surface area contributed by atoms with E-state index in [-0.39, 0.29) is 24.4 Å². The van der Waals surface area contributed by atoms with Crippen molar-refractivity contribution in [2.24, 2.45) is 11.7 Å². The first-order valence-electron chi connectivity index (χ1n) is 7.80. The number of rotatable bonds is 6. The zero-order valence-electron chi connectivity index (χ0n) is 13.5. The smallest absolute Gasteiger partial charge is 0.223 e. The van der Waals surface area contributed by atoms with Crippen molar-refractivity contribution in [2.75, 3.05) is 13.7 Å². The summed E-state index contributed by atoms with van der Waals surface area (Å²) in [5.74, 6) is 1.42. The number of hydrogen-bond donors (Lipinski definition) is 1. The van der Waals surface area contributed by atoms with Crippen molar-refractivity contribution in [3.05, 3.63) is 29.8 Å². The van der Waals surface area contributed by atoms with Crippen LogP contribution in [0.4, 0.5) is 0 Å². The molecule has 0 radical (unpaired) electrons. The number of nitrogens with two attached hydrogens (primary N) is 1. The summed E-state index contributed by atoms with van der Waals surface area (Å²) in [6.07, 6.45) is 3.89. The molecule has 0 saturated heterocycles. The highest BCUT2D eigenvalue weighted by atomic mass is 35.5. The molecule has 22 heavy (non-hydrogen) atoms. The van der Waals surface area contributed by atoms with Gasteiger partial charge in [-0.15, -0.1) is 12.4 Å². The molecule has 1 amide bonds. The quantitative estimate of drug-likeness (QED) is 0.874. The largest absolute Gasteiger partial charge is 0.497 e. The van der Waals surface area contributed by atoms with Gasteiger partial charge in [0.15, 0.2) is 0 Å². The molecule has 0 unspecified atom stereocenters. The van der Waals surface area contributed by atoms with E-state index >= 15 is 0 Å². The van der Waals surface area contributed by atoms with E-state index in [9.17, 15) is 4.79 Å². The number of nitrogens with zero attached hydrogens (tertiary/aromatic N) is 1. The van der Waals surface area contributed by atoms with Crippen LogP contribution in [0.1, 0.15) is 38.2 Å². The Labute approximate surface area is 139 Å². The van der Waals surface area contributed by atoms with Gasteiger partial charge in [0.25, 0.3) is 0 Å². The summed E-state index contributed by atoms with van der Waals surface area (Å²) >= 11 is 0. The van der Waals surface area contributed by atoms with Crippen LogP contribution in [0.5, 0.6) is 5.75 Å². The van der Waals surface area contributed by atoms with Crippen molar-refractivity contribution >= 4 is 18.3 Å². The zero-order chi connectivity index (χ0) is 15.2. The summed E-state index contributed by atoms with van der Waals surface area (Å²) in [6.45, 7) is 3.41. The first kappa shape index (κ1) is 18.8. The Morgan fingerprint density at radius 1 is 1.32 bits per heavy atom. The third-order valence-corrected chi connectivity index (χ3v) is 4.42. The van der Waals surface area contributed by atoms with Gasteiger partial charge in [-0.3, -0.25) is 4.79 Å². The molecule has 1 saturated carbocycles. The molecule has 1 aromatic carbocycles. The molecule has 1 aromatic rings. The lowest BCUT2D eigenvalue weighted by molar-refractivity contribution is -0.132. The second-order valence-electron chi connectivity index (χ2n) is 5.81. The van der Waals surface area contributed by atoms with E-state index in [1.807, 2.05) is 36.1 Å². The number of amides is 1. The summed E-state index contributed by atoms with van der Waals surface area (Å²) in [5, 5.41) is 0. The van der Waals surface area contributed by atoms with Gasteiger partial charge in [0.05, 0.1) is 7.11 Å². The van der Waals surface area contributed by atoms with Gasteiger partial charge in [-0.05, 0) is 43.4 Å². The molecule has 0 spiro atoms. The number of halogens is 1. The van der Waals surface area contributed by atoms with Crippen molar-refractivity contribution in [2.45, 2.75) is 45.2 Å². The molecule has 1 fully saturated rings. The molecule has 4 nitrogen and oxygen atoms in total. The fraction of sp³-hybridized carbons (Fsp3) is 0.588. The summed E-state index contributed by atoms with van der Waals surface area (Å²) in [4.78, 5) is 14.4. The second kappa shape index (κ2) is 9.01. The predicted octanol–water partition coefficient (Wildman–Crippen LogP) is 2.98. The van der Waals surface area contributed by atoms with Gasteiger partial charge in [-0.2, -0.15) is 0 Å². The van der Waals surface area contributed by atoms with Crippen molar-refractivity contribution in [1.29, 1.82) is 0 Å². The summed E-state index contributed by atoms with van der Waals surface area (Å²) < 4.78 is 5.15. The Morgan fingerprint density at radius 2 is 2.00 bits per heavy atom. The summed E-state index contributed by atoms with van der Waals surface area (Å²) in [5.41, 5.74) is 7.20. The van der Waals surface area contributed by atoms with E-state index in [4.69, 9.17) is 10.5 Å². The Hall–Kier alpha value is -1.26. The van der Waals surface area contributed by atoms with Gasteiger partial charge in [0.1, 0.15) is 5.75 Å². The lowest BCUT2D eigenvalue weighted by Crippen LogP contribution is -2.34. The van der Waals surface area contributed by atoms with Crippen LogP contribution in [0.3, 0.4) is 0 Å². The summed E-state index contributed by atoms with van der Waals surface area (Å²) in [7, 11) is 1.65. The van der Waals surface area contributed by atoms with Gasteiger partial charge < -0.3 is 15.4 Å². The van der Waals surface area contributed by atoms with Crippen LogP contribution in [0.25, 0.3) is 0 Å². The molecular formula is C17H27ClN2O2. The number of hydrogen-bond acceptors (Lipinski definition) is 3. The number of carbonyl (C=O) groups is 1. The number of methoxy groups -OCH3 is 1. The van der Waals surface area contributed by atoms with Crippen LogP contribution in [0, 0.1) is 5.92 Å². The fourth-order valence-electron chi connectivity index (χ4n) is 3.00. The predicted molar refractivity (Wildman–Crippen MR) is 91.3 cm³/mol. The van der Waals surface area contributed by atoms with Crippen LogP contribution in [-0.2, 0) is 11.3 Å². The molecule has 1 aliphatic rings. The van der Waals surface area contributed by atoms with E-state index in [1.54, 1.807) is 7.11 Å². The van der Waals surface area contributed by atoms with Crippen LogP contribution < -0.4 is 10.5 Å². The standard InChI is InChI=1S/C17H26N2O2.ClH/c1-3-19(12-13-7-9-15(21-2)10-8-13)17(20)11-14-5-4-6-16(14)18;/h7-10,14,16H,3-6,11-12,18H2,1-2H3;1H/t14-,16+;/m0./s1. The highest BCUT2D eigenvalue weighted by Crippen LogP contribution is 2.27. The van der Waals surface area contributed by atoms with Gasteiger partial charge >= 0.3 is 0 Å². The third kappa shape index (κ3) is 4.89. The van der Waals surface area contributed by atoms with E-state index in [0.29, 0.717) is 18.9 Å². The molecule has 0 aliphatic heterocycles. The van der Waals surface area contributed by atoms with Gasteiger partial charge in [-0.1, -0.05) is 18.6 Å². The average molecular weight is 327 g/mol. The minimum Gasteiger partial charge on any atom is -0.497 e. The highest BCUT2D eigenvalue weighted by molar-refractivity contribution is 5.85. The van der Waals surface area contributed by atoms with Crippen LogP contribution in [-0.4, -0.2) is 30.5 Å². The van der Waals surface area contributed by atoms with Gasteiger partial charge in [-0.25, -0.2) is 0 Å². The molecule has 2 rings (SSSR count). The maximum absolute atomic E-state index is 12.4. The van der Waals surface area contributed by atoms with Crippen molar-refractivity contribution in [3.8, 4) is 5.75 Å². The first-order chi connectivity index (χ1) is 10.1. The van der Waals surface area contributed by atoms with E-state index in [1.165, 1.54) is 0 Å². The van der Waals surface area contributed by atoms with E-state index in [2.05, 4.69) is 0 Å². The van der Waals surface area contributed by atoms with Gasteiger partial charge in [0.2, 0.25) is 5.91 Å². The fourth-order valence-corrected chi connectivity index (χ4v) is 3.00. The molecule has 0 bridgehead atoms. The molecule has 1 aliphatic carbocycles. The van der Waals surface area contributed by atoms with Crippen molar-refractivity contribution < 1.29 is 9.53 Å². The van der Waals surface area contributed by atoms with Crippen molar-refractivity contribution in [1.82, 2.24) is 4.90 Å². The number of ether oxygens (including phenoxy) is 1. The maximum atomic E-state index is 12.4. The molecule has 5 heteroatoms. The zero-order valence-corrected chi connectivity index (χ0v) is 14.3. The summed E-state index contributed by atoms with van der Waals surface area (Å²) in [6, 6.07) is 8.08. The van der Waals surface area contributed by atoms with Crippen LogP contribution in [0.2, 0.25) is 0 Å². The SMILES string of the molecule is CCN(Cc1ccc(OC)cc1)C(=O)C[C@@H]1CCC[C@H]1N.Cl. The maximum Gasteiger partial charge on any atom is 0.223 e. The second-order valence-corrected chi connectivity index (χ2v) is 5.81. The molecule has 2 N–H and O–H groups in total. The monoisotopic (exact) mass is 326 g/mol. The lowest BCUT2D eigenvalue weighted by atomic mass is 9.99. The highest BCUT2D eigenvalue weighted by Gasteiger charge is 2.27. The molecule has 124 valence electrons. The Balaban J connectivity index is 0.00000242.